The van der Waals surface area contributed by atoms with Gasteiger partial charge in [0.2, 0.25) is 0 Å². The Morgan fingerprint density at radius 1 is 1.26 bits per heavy atom. The van der Waals surface area contributed by atoms with E-state index in [0.29, 0.717) is 38.4 Å². The number of ether oxygens (including phenoxy) is 1. The molecule has 23 heavy (non-hydrogen) atoms. The van der Waals surface area contributed by atoms with Crippen LogP contribution in [0.3, 0.4) is 0 Å². The normalized spacial score (nSPS) is 15.8. The summed E-state index contributed by atoms with van der Waals surface area (Å²) >= 11 is 0. The summed E-state index contributed by atoms with van der Waals surface area (Å²) in [5, 5.41) is 0. The predicted octanol–water partition coefficient (Wildman–Crippen LogP) is 1.99. The molecule has 1 aliphatic heterocycles. The molecule has 2 heterocycles. The van der Waals surface area contributed by atoms with Crippen molar-refractivity contribution in [3.8, 4) is 0 Å². The molecule has 0 N–H and O–H groups in total. The minimum Gasteiger partial charge on any atom is -0.466 e. The molecule has 1 aromatic carbocycles. The van der Waals surface area contributed by atoms with Crippen LogP contribution in [0.25, 0.3) is 11.0 Å². The number of rotatable bonds is 3. The summed E-state index contributed by atoms with van der Waals surface area (Å²) in [5.74, 6) is 0.119. The molecular weight excluding hydrogens is 294 g/mol. The first kappa shape index (κ1) is 15.5. The first-order chi connectivity index (χ1) is 11.1. The zero-order chi connectivity index (χ0) is 16.4. The van der Waals surface area contributed by atoms with Crippen LogP contribution in [0.15, 0.2) is 24.3 Å². The van der Waals surface area contributed by atoms with Gasteiger partial charge in [-0.05, 0) is 31.9 Å². The van der Waals surface area contributed by atoms with Crippen LogP contribution in [0.1, 0.15) is 30.4 Å². The van der Waals surface area contributed by atoms with Crippen molar-refractivity contribution < 1.29 is 14.3 Å². The first-order valence-corrected chi connectivity index (χ1v) is 7.99. The number of imidazole rings is 1. The van der Waals surface area contributed by atoms with Crippen LogP contribution in [-0.4, -0.2) is 46.0 Å². The van der Waals surface area contributed by atoms with Crippen molar-refractivity contribution in [3.05, 3.63) is 30.1 Å². The van der Waals surface area contributed by atoms with Crippen LogP contribution in [0.5, 0.6) is 0 Å². The van der Waals surface area contributed by atoms with E-state index in [2.05, 4.69) is 4.98 Å². The number of aryl methyl sites for hydroxylation is 1. The van der Waals surface area contributed by atoms with Gasteiger partial charge in [-0.1, -0.05) is 12.1 Å². The number of likely N-dealkylation sites (tertiary alicyclic amines) is 1. The largest absolute Gasteiger partial charge is 0.466 e. The third-order valence-electron chi connectivity index (χ3n) is 4.38. The molecule has 6 nitrogen and oxygen atoms in total. The Balaban J connectivity index is 1.72. The zero-order valence-corrected chi connectivity index (χ0v) is 13.5. The van der Waals surface area contributed by atoms with Crippen LogP contribution >= 0.6 is 0 Å². The van der Waals surface area contributed by atoms with Crippen molar-refractivity contribution in [2.24, 2.45) is 13.0 Å². The average Bonchev–Trinajstić information content (AvgIpc) is 2.92. The number of carbonyl (C=O) groups is 2. The van der Waals surface area contributed by atoms with Gasteiger partial charge < -0.3 is 14.2 Å². The SMILES string of the molecule is CCOC(=O)C1CCN(C(=O)c2nc3ccccc3n2C)CC1. The van der Waals surface area contributed by atoms with Gasteiger partial charge in [-0.15, -0.1) is 0 Å². The van der Waals surface area contributed by atoms with Crippen molar-refractivity contribution in [2.45, 2.75) is 19.8 Å². The van der Waals surface area contributed by atoms with Gasteiger partial charge in [-0.25, -0.2) is 4.98 Å². The lowest BCUT2D eigenvalue weighted by atomic mass is 9.97. The van der Waals surface area contributed by atoms with E-state index in [1.165, 1.54) is 0 Å². The number of piperidine rings is 1. The lowest BCUT2D eigenvalue weighted by Crippen LogP contribution is -2.41. The van der Waals surface area contributed by atoms with Crippen LogP contribution in [0.2, 0.25) is 0 Å². The van der Waals surface area contributed by atoms with E-state index in [-0.39, 0.29) is 17.8 Å². The van der Waals surface area contributed by atoms with E-state index < -0.39 is 0 Å². The molecule has 1 aromatic heterocycles. The number of nitrogens with zero attached hydrogens (tertiary/aromatic N) is 3. The molecule has 0 spiro atoms. The van der Waals surface area contributed by atoms with Crippen molar-refractivity contribution in [2.75, 3.05) is 19.7 Å². The molecule has 0 aliphatic carbocycles. The fourth-order valence-corrected chi connectivity index (χ4v) is 3.06. The number of esters is 1. The van der Waals surface area contributed by atoms with Gasteiger partial charge in [-0.3, -0.25) is 9.59 Å². The second kappa shape index (κ2) is 6.40. The topological polar surface area (TPSA) is 64.4 Å². The first-order valence-electron chi connectivity index (χ1n) is 7.99. The monoisotopic (exact) mass is 315 g/mol. The zero-order valence-electron chi connectivity index (χ0n) is 13.5. The Morgan fingerprint density at radius 2 is 1.96 bits per heavy atom. The van der Waals surface area contributed by atoms with Crippen LogP contribution in [-0.2, 0) is 16.6 Å². The highest BCUT2D eigenvalue weighted by molar-refractivity contribution is 5.95. The van der Waals surface area contributed by atoms with Crippen molar-refractivity contribution in [1.29, 1.82) is 0 Å². The second-order valence-corrected chi connectivity index (χ2v) is 5.80. The van der Waals surface area contributed by atoms with Crippen LogP contribution in [0, 0.1) is 5.92 Å². The number of amides is 1. The molecule has 0 radical (unpaired) electrons. The predicted molar refractivity (Wildman–Crippen MR) is 86.0 cm³/mol. The number of para-hydroxylation sites is 2. The molecule has 0 atom stereocenters. The van der Waals surface area contributed by atoms with Gasteiger partial charge in [0.05, 0.1) is 23.6 Å². The number of aromatic nitrogens is 2. The Labute approximate surface area is 135 Å². The minimum absolute atomic E-state index is 0.0778. The molecule has 0 saturated carbocycles. The van der Waals surface area contributed by atoms with Crippen LogP contribution < -0.4 is 0 Å². The third-order valence-corrected chi connectivity index (χ3v) is 4.38. The summed E-state index contributed by atoms with van der Waals surface area (Å²) < 4.78 is 6.89. The van der Waals surface area contributed by atoms with E-state index in [4.69, 9.17) is 4.74 Å². The number of carbonyl (C=O) groups excluding carboxylic acids is 2. The number of hydrogen-bond acceptors (Lipinski definition) is 4. The smallest absolute Gasteiger partial charge is 0.309 e. The summed E-state index contributed by atoms with van der Waals surface area (Å²) in [6.07, 6.45) is 1.29. The van der Waals surface area contributed by atoms with Crippen LogP contribution in [0.4, 0.5) is 0 Å². The maximum absolute atomic E-state index is 12.7. The number of fused-ring (bicyclic) bond motifs is 1. The Hall–Kier alpha value is -2.37. The van der Waals surface area contributed by atoms with Crippen molar-refractivity contribution in [1.82, 2.24) is 14.5 Å². The Bertz CT molecular complexity index is 730. The minimum atomic E-state index is -0.151. The summed E-state index contributed by atoms with van der Waals surface area (Å²) in [6, 6.07) is 7.70. The van der Waals surface area contributed by atoms with E-state index >= 15 is 0 Å². The highest BCUT2D eigenvalue weighted by Crippen LogP contribution is 2.21. The van der Waals surface area contributed by atoms with Gasteiger partial charge >= 0.3 is 5.97 Å². The van der Waals surface area contributed by atoms with Crippen molar-refractivity contribution >= 4 is 22.9 Å². The molecule has 1 saturated heterocycles. The third kappa shape index (κ3) is 2.93. The maximum Gasteiger partial charge on any atom is 0.309 e. The summed E-state index contributed by atoms with van der Waals surface area (Å²) in [7, 11) is 1.86. The molecule has 122 valence electrons. The molecule has 1 amide bonds. The number of hydrogen-bond donors (Lipinski definition) is 0. The van der Waals surface area contributed by atoms with Gasteiger partial charge in [-0.2, -0.15) is 0 Å². The Kier molecular flexibility index (Phi) is 4.32. The fraction of sp³-hybridized carbons (Fsp3) is 0.471. The second-order valence-electron chi connectivity index (χ2n) is 5.80. The van der Waals surface area contributed by atoms with Gasteiger partial charge in [0.1, 0.15) is 0 Å². The molecular formula is C17H21N3O3. The molecule has 2 aromatic rings. The van der Waals surface area contributed by atoms with E-state index in [1.54, 1.807) is 4.90 Å². The van der Waals surface area contributed by atoms with Gasteiger partial charge in [0, 0.05) is 20.1 Å². The fourth-order valence-electron chi connectivity index (χ4n) is 3.06. The molecule has 0 bridgehead atoms. The number of benzene rings is 1. The summed E-state index contributed by atoms with van der Waals surface area (Å²) in [5.41, 5.74) is 1.76. The maximum atomic E-state index is 12.7. The summed E-state index contributed by atoms with van der Waals surface area (Å²) in [4.78, 5) is 30.7. The Morgan fingerprint density at radius 3 is 2.61 bits per heavy atom. The standard InChI is InChI=1S/C17H21N3O3/c1-3-23-17(22)12-8-10-20(11-9-12)16(21)15-18-13-6-4-5-7-14(13)19(15)2/h4-7,12H,3,8-11H2,1-2H3. The lowest BCUT2D eigenvalue weighted by molar-refractivity contribution is -0.149. The average molecular weight is 315 g/mol. The van der Waals surface area contributed by atoms with Gasteiger partial charge in [0.15, 0.2) is 5.82 Å². The van der Waals surface area contributed by atoms with Gasteiger partial charge in [0.25, 0.3) is 5.91 Å². The molecule has 6 heteroatoms. The highest BCUT2D eigenvalue weighted by atomic mass is 16.5. The highest BCUT2D eigenvalue weighted by Gasteiger charge is 2.30. The molecule has 1 fully saturated rings. The van der Waals surface area contributed by atoms with Crippen molar-refractivity contribution in [3.63, 3.8) is 0 Å². The van der Waals surface area contributed by atoms with E-state index in [0.717, 1.165) is 11.0 Å². The molecule has 1 aliphatic rings. The lowest BCUT2D eigenvalue weighted by Gasteiger charge is -2.30. The molecule has 0 unspecified atom stereocenters. The molecule has 3 rings (SSSR count). The summed E-state index contributed by atoms with van der Waals surface area (Å²) in [6.45, 7) is 3.33. The van der Waals surface area contributed by atoms with E-state index in [1.807, 2.05) is 42.8 Å². The quantitative estimate of drug-likeness (QED) is 0.813. The van der Waals surface area contributed by atoms with E-state index in [9.17, 15) is 9.59 Å².